The number of methoxy groups -OCH3 is 1. The number of hydrogen-bond donors (Lipinski definition) is 1. The van der Waals surface area contributed by atoms with Crippen molar-refractivity contribution in [2.75, 3.05) is 7.11 Å². The van der Waals surface area contributed by atoms with E-state index in [2.05, 4.69) is 25.4 Å². The van der Waals surface area contributed by atoms with Gasteiger partial charge in [-0.15, -0.1) is 0 Å². The Morgan fingerprint density at radius 1 is 1.39 bits per heavy atom. The molecule has 0 spiro atoms. The summed E-state index contributed by atoms with van der Waals surface area (Å²) in [5.41, 5.74) is 0.804. The van der Waals surface area contributed by atoms with Gasteiger partial charge in [0.05, 0.1) is 7.11 Å². The molecule has 0 bridgehead atoms. The molecule has 1 unspecified atom stereocenters. The molecule has 0 heterocycles. The van der Waals surface area contributed by atoms with Crippen LogP contribution in [0, 0.1) is 0 Å². The molecule has 1 atom stereocenters. The number of nitrogens with one attached hydrogen (secondary N) is 1. The lowest BCUT2D eigenvalue weighted by molar-refractivity contribution is -0.139. The third-order valence-electron chi connectivity index (χ3n) is 2.39. The minimum atomic E-state index is -3.72. The standard InChI is InChI=1S/C11H14BrNO4S/c1-8(11(14)17-2)18(15,16)13-7-9-3-5-10(12)6-4-9/h3-6,8,13H,7H2,1-2H3. The number of benzene rings is 1. The number of halogens is 1. The Morgan fingerprint density at radius 2 is 1.94 bits per heavy atom. The third kappa shape index (κ3) is 4.08. The molecule has 18 heavy (non-hydrogen) atoms. The normalized spacial score (nSPS) is 13.1. The lowest BCUT2D eigenvalue weighted by Crippen LogP contribution is -2.37. The van der Waals surface area contributed by atoms with Gasteiger partial charge in [-0.2, -0.15) is 0 Å². The molecule has 5 nitrogen and oxygen atoms in total. The number of rotatable bonds is 5. The van der Waals surface area contributed by atoms with E-state index in [1.54, 1.807) is 12.1 Å². The van der Waals surface area contributed by atoms with Crippen molar-refractivity contribution in [3.05, 3.63) is 34.3 Å². The minimum absolute atomic E-state index is 0.136. The van der Waals surface area contributed by atoms with E-state index in [9.17, 15) is 13.2 Å². The van der Waals surface area contributed by atoms with Crippen LogP contribution in [0.2, 0.25) is 0 Å². The molecular formula is C11H14BrNO4S. The summed E-state index contributed by atoms with van der Waals surface area (Å²) >= 11 is 3.29. The molecule has 0 aliphatic carbocycles. The molecular weight excluding hydrogens is 322 g/mol. The number of sulfonamides is 1. The minimum Gasteiger partial charge on any atom is -0.468 e. The number of hydrogen-bond acceptors (Lipinski definition) is 4. The van der Waals surface area contributed by atoms with E-state index in [1.165, 1.54) is 6.92 Å². The largest absolute Gasteiger partial charge is 0.468 e. The van der Waals surface area contributed by atoms with Crippen molar-refractivity contribution in [3.63, 3.8) is 0 Å². The van der Waals surface area contributed by atoms with E-state index in [-0.39, 0.29) is 6.54 Å². The van der Waals surface area contributed by atoms with E-state index in [1.807, 2.05) is 12.1 Å². The van der Waals surface area contributed by atoms with Gasteiger partial charge in [0.15, 0.2) is 5.25 Å². The van der Waals surface area contributed by atoms with E-state index in [0.29, 0.717) is 0 Å². The first-order chi connectivity index (χ1) is 8.36. The molecule has 0 saturated carbocycles. The fourth-order valence-electron chi connectivity index (χ4n) is 1.20. The van der Waals surface area contributed by atoms with Crippen molar-refractivity contribution >= 4 is 31.9 Å². The Balaban J connectivity index is 2.67. The van der Waals surface area contributed by atoms with Gasteiger partial charge in [0.2, 0.25) is 10.0 Å². The summed E-state index contributed by atoms with van der Waals surface area (Å²) in [5, 5.41) is -1.22. The van der Waals surface area contributed by atoms with Crippen molar-refractivity contribution in [1.29, 1.82) is 0 Å². The summed E-state index contributed by atoms with van der Waals surface area (Å²) in [6.07, 6.45) is 0. The van der Waals surface area contributed by atoms with E-state index < -0.39 is 21.2 Å². The molecule has 7 heteroatoms. The summed E-state index contributed by atoms with van der Waals surface area (Å²) in [5.74, 6) is -0.779. The lowest BCUT2D eigenvalue weighted by Gasteiger charge is -2.11. The van der Waals surface area contributed by atoms with Crippen LogP contribution in [-0.2, 0) is 26.1 Å². The molecule has 0 fully saturated rings. The molecule has 1 N–H and O–H groups in total. The van der Waals surface area contributed by atoms with Crippen LogP contribution in [0.3, 0.4) is 0 Å². The summed E-state index contributed by atoms with van der Waals surface area (Å²) in [6.45, 7) is 1.42. The molecule has 100 valence electrons. The van der Waals surface area contributed by atoms with Crippen LogP contribution in [0.15, 0.2) is 28.7 Å². The first kappa shape index (κ1) is 15.1. The van der Waals surface area contributed by atoms with E-state index in [0.717, 1.165) is 17.1 Å². The Hall–Kier alpha value is -0.920. The predicted molar refractivity (Wildman–Crippen MR) is 71.4 cm³/mol. The highest BCUT2D eigenvalue weighted by Crippen LogP contribution is 2.11. The summed E-state index contributed by atoms with van der Waals surface area (Å²) < 4.78 is 31.2. The van der Waals surface area contributed by atoms with Crippen LogP contribution < -0.4 is 4.72 Å². The average Bonchev–Trinajstić information content (AvgIpc) is 2.36. The van der Waals surface area contributed by atoms with Crippen LogP contribution in [0.1, 0.15) is 12.5 Å². The fraction of sp³-hybridized carbons (Fsp3) is 0.364. The third-order valence-corrected chi connectivity index (χ3v) is 4.59. The number of esters is 1. The molecule has 0 aliphatic heterocycles. The van der Waals surface area contributed by atoms with Crippen molar-refractivity contribution in [3.8, 4) is 0 Å². The SMILES string of the molecule is COC(=O)C(C)S(=O)(=O)NCc1ccc(Br)cc1. The topological polar surface area (TPSA) is 72.5 Å². The van der Waals surface area contributed by atoms with Gasteiger partial charge in [-0.3, -0.25) is 4.79 Å². The molecule has 0 radical (unpaired) electrons. The van der Waals surface area contributed by atoms with Gasteiger partial charge in [-0.25, -0.2) is 13.1 Å². The maximum atomic E-state index is 11.7. The lowest BCUT2D eigenvalue weighted by atomic mass is 10.2. The molecule has 0 aliphatic rings. The van der Waals surface area contributed by atoms with Gasteiger partial charge >= 0.3 is 5.97 Å². The Kier molecular flexibility index (Phi) is 5.30. The maximum Gasteiger partial charge on any atom is 0.325 e. The number of carbonyl (C=O) groups is 1. The highest BCUT2D eigenvalue weighted by atomic mass is 79.9. The molecule has 1 aromatic carbocycles. The van der Waals surface area contributed by atoms with Gasteiger partial charge in [-0.1, -0.05) is 28.1 Å². The fourth-order valence-corrected chi connectivity index (χ4v) is 2.44. The second-order valence-corrected chi connectivity index (χ2v) is 6.66. The molecule has 1 aromatic rings. The Labute approximate surface area is 115 Å². The Bertz CT molecular complexity index is 512. The zero-order valence-electron chi connectivity index (χ0n) is 10.0. The van der Waals surface area contributed by atoms with Crippen molar-refractivity contribution < 1.29 is 17.9 Å². The molecule has 1 rings (SSSR count). The van der Waals surface area contributed by atoms with Gasteiger partial charge in [0.1, 0.15) is 0 Å². The van der Waals surface area contributed by atoms with Crippen molar-refractivity contribution in [1.82, 2.24) is 4.72 Å². The number of ether oxygens (including phenoxy) is 1. The second kappa shape index (κ2) is 6.31. The average molecular weight is 336 g/mol. The second-order valence-electron chi connectivity index (χ2n) is 3.66. The monoisotopic (exact) mass is 335 g/mol. The first-order valence-electron chi connectivity index (χ1n) is 5.17. The molecule has 0 aromatic heterocycles. The number of carbonyl (C=O) groups excluding carboxylic acids is 1. The first-order valence-corrected chi connectivity index (χ1v) is 7.51. The van der Waals surface area contributed by atoms with Gasteiger partial charge in [0.25, 0.3) is 0 Å². The molecule has 0 saturated heterocycles. The highest BCUT2D eigenvalue weighted by Gasteiger charge is 2.28. The zero-order valence-corrected chi connectivity index (χ0v) is 12.4. The van der Waals surface area contributed by atoms with Crippen LogP contribution in [0.25, 0.3) is 0 Å². The molecule has 0 amide bonds. The van der Waals surface area contributed by atoms with Gasteiger partial charge in [-0.05, 0) is 24.6 Å². The summed E-state index contributed by atoms with van der Waals surface area (Å²) in [7, 11) is -2.56. The van der Waals surface area contributed by atoms with Crippen molar-refractivity contribution in [2.45, 2.75) is 18.7 Å². The van der Waals surface area contributed by atoms with E-state index in [4.69, 9.17) is 0 Å². The van der Waals surface area contributed by atoms with Crippen LogP contribution >= 0.6 is 15.9 Å². The van der Waals surface area contributed by atoms with Crippen LogP contribution in [0.5, 0.6) is 0 Å². The van der Waals surface area contributed by atoms with E-state index >= 15 is 0 Å². The van der Waals surface area contributed by atoms with Crippen molar-refractivity contribution in [2.24, 2.45) is 0 Å². The zero-order chi connectivity index (χ0) is 13.8. The predicted octanol–water partition coefficient (Wildman–Crippen LogP) is 1.43. The summed E-state index contributed by atoms with van der Waals surface area (Å²) in [4.78, 5) is 11.2. The Morgan fingerprint density at radius 3 is 2.44 bits per heavy atom. The van der Waals surface area contributed by atoms with Crippen LogP contribution in [0.4, 0.5) is 0 Å². The smallest absolute Gasteiger partial charge is 0.325 e. The maximum absolute atomic E-state index is 11.7. The van der Waals surface area contributed by atoms with Gasteiger partial charge < -0.3 is 4.74 Å². The summed E-state index contributed by atoms with van der Waals surface area (Å²) in [6, 6.07) is 7.20. The van der Waals surface area contributed by atoms with Crippen LogP contribution in [-0.4, -0.2) is 26.7 Å². The van der Waals surface area contributed by atoms with Gasteiger partial charge in [0, 0.05) is 11.0 Å². The highest BCUT2D eigenvalue weighted by molar-refractivity contribution is 9.10. The quantitative estimate of drug-likeness (QED) is 0.826.